The zero-order valence-corrected chi connectivity index (χ0v) is 10.4. The standard InChI is InChI=1S/C10H17N3O2S/c1-3-5-8-9(16-13-12-8)10(15)11-7(4-2)6-14/h7,14H,3-6H2,1-2H3,(H,11,15). The van der Waals surface area contributed by atoms with E-state index in [2.05, 4.69) is 14.9 Å². The Morgan fingerprint density at radius 2 is 2.31 bits per heavy atom. The molecule has 1 atom stereocenters. The van der Waals surface area contributed by atoms with E-state index in [1.807, 2.05) is 13.8 Å². The number of carbonyl (C=O) groups is 1. The molecule has 1 aromatic heterocycles. The van der Waals surface area contributed by atoms with Crippen LogP contribution in [0.1, 0.15) is 42.1 Å². The molecule has 0 fully saturated rings. The van der Waals surface area contributed by atoms with Gasteiger partial charge >= 0.3 is 0 Å². The van der Waals surface area contributed by atoms with E-state index in [0.717, 1.165) is 30.1 Å². The van der Waals surface area contributed by atoms with E-state index in [9.17, 15) is 4.79 Å². The summed E-state index contributed by atoms with van der Waals surface area (Å²) in [5.74, 6) is -0.181. The Morgan fingerprint density at radius 1 is 1.56 bits per heavy atom. The van der Waals surface area contributed by atoms with Crippen LogP contribution in [0.25, 0.3) is 0 Å². The molecule has 2 N–H and O–H groups in total. The number of hydrogen-bond acceptors (Lipinski definition) is 5. The van der Waals surface area contributed by atoms with Gasteiger partial charge in [0.1, 0.15) is 4.88 Å². The highest BCUT2D eigenvalue weighted by atomic mass is 32.1. The molecule has 1 rings (SSSR count). The predicted molar refractivity (Wildman–Crippen MR) is 62.5 cm³/mol. The maximum atomic E-state index is 11.8. The highest BCUT2D eigenvalue weighted by Crippen LogP contribution is 2.12. The van der Waals surface area contributed by atoms with Gasteiger partial charge in [-0.05, 0) is 24.4 Å². The van der Waals surface area contributed by atoms with Crippen LogP contribution in [0, 0.1) is 0 Å². The maximum absolute atomic E-state index is 11.8. The molecule has 1 heterocycles. The Balaban J connectivity index is 2.68. The molecule has 1 amide bonds. The first kappa shape index (κ1) is 13.1. The molecule has 6 heteroatoms. The second-order valence-corrected chi connectivity index (χ2v) is 4.31. The van der Waals surface area contributed by atoms with E-state index in [1.165, 1.54) is 0 Å². The summed E-state index contributed by atoms with van der Waals surface area (Å²) in [6.45, 7) is 3.90. The molecule has 16 heavy (non-hydrogen) atoms. The van der Waals surface area contributed by atoms with Gasteiger partial charge < -0.3 is 10.4 Å². The van der Waals surface area contributed by atoms with Crippen molar-refractivity contribution in [2.75, 3.05) is 6.61 Å². The highest BCUT2D eigenvalue weighted by Gasteiger charge is 2.17. The second-order valence-electron chi connectivity index (χ2n) is 3.56. The Kier molecular flexibility index (Phi) is 5.34. The largest absolute Gasteiger partial charge is 0.394 e. The minimum absolute atomic E-state index is 0.0441. The zero-order valence-electron chi connectivity index (χ0n) is 9.56. The summed E-state index contributed by atoms with van der Waals surface area (Å²) in [5.41, 5.74) is 0.748. The van der Waals surface area contributed by atoms with Gasteiger partial charge in [0.15, 0.2) is 0 Å². The molecule has 0 aliphatic heterocycles. The summed E-state index contributed by atoms with van der Waals surface area (Å²) >= 11 is 1.11. The summed E-state index contributed by atoms with van der Waals surface area (Å²) in [6.07, 6.45) is 2.40. The summed E-state index contributed by atoms with van der Waals surface area (Å²) in [5, 5.41) is 15.7. The number of rotatable bonds is 6. The van der Waals surface area contributed by atoms with Crippen LogP contribution in [-0.4, -0.2) is 33.2 Å². The summed E-state index contributed by atoms with van der Waals surface area (Å²) in [7, 11) is 0. The van der Waals surface area contributed by atoms with Crippen LogP contribution in [0.3, 0.4) is 0 Å². The second kappa shape index (κ2) is 6.55. The molecule has 0 saturated carbocycles. The molecule has 1 unspecified atom stereocenters. The molecule has 0 spiro atoms. The molecule has 0 aliphatic rings. The SMILES string of the molecule is CCCc1nnsc1C(=O)NC(CC)CO. The smallest absolute Gasteiger partial charge is 0.265 e. The molecule has 90 valence electrons. The van der Waals surface area contributed by atoms with Crippen LogP contribution in [0.2, 0.25) is 0 Å². The van der Waals surface area contributed by atoms with E-state index >= 15 is 0 Å². The van der Waals surface area contributed by atoms with Crippen LogP contribution in [0.5, 0.6) is 0 Å². The van der Waals surface area contributed by atoms with Crippen molar-refractivity contribution >= 4 is 17.4 Å². The van der Waals surface area contributed by atoms with E-state index in [4.69, 9.17) is 5.11 Å². The van der Waals surface area contributed by atoms with Gasteiger partial charge in [0, 0.05) is 0 Å². The van der Waals surface area contributed by atoms with Crippen molar-refractivity contribution in [3.63, 3.8) is 0 Å². The first-order valence-corrected chi connectivity index (χ1v) is 6.23. The number of nitrogens with zero attached hydrogens (tertiary/aromatic N) is 2. The maximum Gasteiger partial charge on any atom is 0.265 e. The highest BCUT2D eigenvalue weighted by molar-refractivity contribution is 7.08. The summed E-state index contributed by atoms with van der Waals surface area (Å²) in [6, 6.07) is -0.191. The topological polar surface area (TPSA) is 75.1 Å². The first-order chi connectivity index (χ1) is 7.72. The van der Waals surface area contributed by atoms with E-state index < -0.39 is 0 Å². The predicted octanol–water partition coefficient (Wildman–Crippen LogP) is 0.991. The average Bonchev–Trinajstić information content (AvgIpc) is 2.74. The molecule has 5 nitrogen and oxygen atoms in total. The number of aliphatic hydroxyl groups is 1. The van der Waals surface area contributed by atoms with E-state index in [1.54, 1.807) is 0 Å². The summed E-state index contributed by atoms with van der Waals surface area (Å²) < 4.78 is 3.79. The molecule has 0 radical (unpaired) electrons. The molecular weight excluding hydrogens is 226 g/mol. The Morgan fingerprint density at radius 3 is 2.88 bits per heavy atom. The van der Waals surface area contributed by atoms with Gasteiger partial charge in [-0.15, -0.1) is 5.10 Å². The van der Waals surface area contributed by atoms with E-state index in [0.29, 0.717) is 11.3 Å². The van der Waals surface area contributed by atoms with Gasteiger partial charge in [-0.2, -0.15) is 0 Å². The van der Waals surface area contributed by atoms with Crippen molar-refractivity contribution in [1.82, 2.24) is 14.9 Å². The summed E-state index contributed by atoms with van der Waals surface area (Å²) in [4.78, 5) is 12.4. The zero-order chi connectivity index (χ0) is 12.0. The van der Waals surface area contributed by atoms with Gasteiger partial charge in [-0.1, -0.05) is 24.8 Å². The number of aromatic nitrogens is 2. The fourth-order valence-electron chi connectivity index (χ4n) is 1.31. The molecule has 0 bridgehead atoms. The third kappa shape index (κ3) is 3.24. The van der Waals surface area contributed by atoms with Crippen molar-refractivity contribution in [3.05, 3.63) is 10.6 Å². The number of nitrogens with one attached hydrogen (secondary N) is 1. The van der Waals surface area contributed by atoms with Crippen LogP contribution < -0.4 is 5.32 Å². The number of aryl methyl sites for hydroxylation is 1. The first-order valence-electron chi connectivity index (χ1n) is 5.45. The van der Waals surface area contributed by atoms with Crippen molar-refractivity contribution in [3.8, 4) is 0 Å². The molecular formula is C10H17N3O2S. The lowest BCUT2D eigenvalue weighted by molar-refractivity contribution is 0.0918. The number of hydrogen-bond donors (Lipinski definition) is 2. The quantitative estimate of drug-likeness (QED) is 0.781. The fraction of sp³-hybridized carbons (Fsp3) is 0.700. The van der Waals surface area contributed by atoms with Crippen LogP contribution >= 0.6 is 11.5 Å². The lowest BCUT2D eigenvalue weighted by atomic mass is 10.2. The van der Waals surface area contributed by atoms with Crippen molar-refractivity contribution < 1.29 is 9.90 Å². The van der Waals surface area contributed by atoms with Crippen LogP contribution in [0.15, 0.2) is 0 Å². The van der Waals surface area contributed by atoms with Crippen LogP contribution in [-0.2, 0) is 6.42 Å². The van der Waals surface area contributed by atoms with Crippen molar-refractivity contribution in [2.45, 2.75) is 39.2 Å². The molecule has 1 aromatic rings. The van der Waals surface area contributed by atoms with Gasteiger partial charge in [0.05, 0.1) is 18.3 Å². The number of carbonyl (C=O) groups excluding carboxylic acids is 1. The monoisotopic (exact) mass is 243 g/mol. The van der Waals surface area contributed by atoms with Gasteiger partial charge in [-0.3, -0.25) is 4.79 Å². The van der Waals surface area contributed by atoms with Gasteiger partial charge in [0.25, 0.3) is 5.91 Å². The molecule has 0 saturated heterocycles. The van der Waals surface area contributed by atoms with Crippen LogP contribution in [0.4, 0.5) is 0 Å². The van der Waals surface area contributed by atoms with Gasteiger partial charge in [-0.25, -0.2) is 0 Å². The Labute approximate surface area is 99.0 Å². The lowest BCUT2D eigenvalue weighted by Crippen LogP contribution is -2.36. The third-order valence-electron chi connectivity index (χ3n) is 2.30. The number of aliphatic hydroxyl groups excluding tert-OH is 1. The Bertz CT molecular complexity index is 337. The van der Waals surface area contributed by atoms with Crippen molar-refractivity contribution in [1.29, 1.82) is 0 Å². The normalized spacial score (nSPS) is 12.4. The average molecular weight is 243 g/mol. The molecule has 0 aromatic carbocycles. The Hall–Kier alpha value is -1.01. The van der Waals surface area contributed by atoms with E-state index in [-0.39, 0.29) is 18.6 Å². The molecule has 0 aliphatic carbocycles. The minimum atomic E-state index is -0.191. The lowest BCUT2D eigenvalue weighted by Gasteiger charge is -2.13. The fourth-order valence-corrected chi connectivity index (χ4v) is 1.92. The number of amides is 1. The van der Waals surface area contributed by atoms with Gasteiger partial charge in [0.2, 0.25) is 0 Å². The minimum Gasteiger partial charge on any atom is -0.394 e. The third-order valence-corrected chi connectivity index (χ3v) is 3.06. The van der Waals surface area contributed by atoms with Crippen molar-refractivity contribution in [2.24, 2.45) is 0 Å².